The van der Waals surface area contributed by atoms with Crippen LogP contribution in [0.5, 0.6) is 5.75 Å². The fourth-order valence-corrected chi connectivity index (χ4v) is 3.35. The van der Waals surface area contributed by atoms with Gasteiger partial charge in [-0.25, -0.2) is 0 Å². The summed E-state index contributed by atoms with van der Waals surface area (Å²) >= 11 is 0. The van der Waals surface area contributed by atoms with Crippen LogP contribution in [0.25, 0.3) is 0 Å². The van der Waals surface area contributed by atoms with Crippen LogP contribution in [0.1, 0.15) is 24.0 Å². The van der Waals surface area contributed by atoms with Gasteiger partial charge in [-0.05, 0) is 61.5 Å². The molecule has 2 aromatic rings. The molecule has 1 aliphatic heterocycles. The molecule has 2 aromatic carbocycles. The van der Waals surface area contributed by atoms with E-state index in [1.807, 2.05) is 6.07 Å². The summed E-state index contributed by atoms with van der Waals surface area (Å²) in [4.78, 5) is 2.36. The van der Waals surface area contributed by atoms with Gasteiger partial charge in [0.05, 0.1) is 0 Å². The molecular weight excluding hydrogens is 327 g/mol. The monoisotopic (exact) mass is 349 g/mol. The van der Waals surface area contributed by atoms with Gasteiger partial charge in [0.2, 0.25) is 0 Å². The van der Waals surface area contributed by atoms with Crippen LogP contribution in [0.2, 0.25) is 0 Å². The molecule has 0 radical (unpaired) electrons. The molecule has 0 spiro atoms. The zero-order chi connectivity index (χ0) is 17.7. The number of hydrogen-bond donors (Lipinski definition) is 0. The third-order valence-electron chi connectivity index (χ3n) is 4.64. The van der Waals surface area contributed by atoms with Crippen molar-refractivity contribution in [2.75, 3.05) is 13.1 Å². The van der Waals surface area contributed by atoms with Crippen molar-refractivity contribution in [1.82, 2.24) is 4.90 Å². The van der Waals surface area contributed by atoms with Gasteiger partial charge < -0.3 is 4.74 Å². The van der Waals surface area contributed by atoms with Crippen LogP contribution in [0.3, 0.4) is 0 Å². The molecule has 134 valence electrons. The van der Waals surface area contributed by atoms with Gasteiger partial charge in [0.15, 0.2) is 0 Å². The lowest BCUT2D eigenvalue weighted by Gasteiger charge is -2.32. The van der Waals surface area contributed by atoms with E-state index < -0.39 is 6.36 Å². The summed E-state index contributed by atoms with van der Waals surface area (Å²) in [7, 11) is 0. The van der Waals surface area contributed by atoms with Crippen molar-refractivity contribution in [2.24, 2.45) is 5.92 Å². The molecule has 1 saturated heterocycles. The van der Waals surface area contributed by atoms with E-state index in [2.05, 4.69) is 33.9 Å². The lowest BCUT2D eigenvalue weighted by molar-refractivity contribution is -0.274. The number of alkyl halides is 3. The van der Waals surface area contributed by atoms with Crippen LogP contribution in [-0.2, 0) is 13.0 Å². The molecule has 5 heteroatoms. The quantitative estimate of drug-likeness (QED) is 0.750. The first kappa shape index (κ1) is 17.8. The van der Waals surface area contributed by atoms with Crippen molar-refractivity contribution in [3.8, 4) is 5.75 Å². The number of halogens is 3. The summed E-state index contributed by atoms with van der Waals surface area (Å²) < 4.78 is 40.4. The minimum absolute atomic E-state index is 0.169. The number of nitrogens with zero attached hydrogens (tertiary/aromatic N) is 1. The second kappa shape index (κ2) is 7.91. The lowest BCUT2D eigenvalue weighted by Crippen LogP contribution is -2.33. The van der Waals surface area contributed by atoms with Gasteiger partial charge in [-0.3, -0.25) is 4.90 Å². The Morgan fingerprint density at radius 3 is 2.12 bits per heavy atom. The third-order valence-corrected chi connectivity index (χ3v) is 4.64. The molecule has 0 N–H and O–H groups in total. The second-order valence-corrected chi connectivity index (χ2v) is 6.60. The number of hydrogen-bond acceptors (Lipinski definition) is 2. The molecule has 3 rings (SSSR count). The molecule has 0 aliphatic carbocycles. The fourth-order valence-electron chi connectivity index (χ4n) is 3.35. The maximum atomic E-state index is 12.2. The van der Waals surface area contributed by atoms with E-state index >= 15 is 0 Å². The number of rotatable bonds is 5. The molecule has 0 saturated carbocycles. The SMILES string of the molecule is FC(F)(F)Oc1ccc(CN2CCC(Cc3ccccc3)CC2)cc1. The molecule has 1 aliphatic rings. The van der Waals surface area contributed by atoms with Gasteiger partial charge >= 0.3 is 6.36 Å². The Morgan fingerprint density at radius 2 is 1.52 bits per heavy atom. The molecule has 0 aromatic heterocycles. The van der Waals surface area contributed by atoms with E-state index in [1.54, 1.807) is 12.1 Å². The molecule has 1 fully saturated rings. The first-order valence-corrected chi connectivity index (χ1v) is 8.59. The molecule has 0 unspecified atom stereocenters. The fraction of sp³-hybridized carbons (Fsp3) is 0.400. The molecule has 2 nitrogen and oxygen atoms in total. The molecule has 0 bridgehead atoms. The summed E-state index contributed by atoms with van der Waals surface area (Å²) in [6.45, 7) is 2.82. The van der Waals surface area contributed by atoms with Gasteiger partial charge in [-0.15, -0.1) is 13.2 Å². The molecule has 1 heterocycles. The summed E-state index contributed by atoms with van der Waals surface area (Å²) in [5.41, 5.74) is 2.40. The number of piperidine rings is 1. The summed E-state index contributed by atoms with van der Waals surface area (Å²) in [5, 5.41) is 0. The zero-order valence-corrected chi connectivity index (χ0v) is 14.0. The highest BCUT2D eigenvalue weighted by atomic mass is 19.4. The average molecular weight is 349 g/mol. The van der Waals surface area contributed by atoms with Gasteiger partial charge in [0.25, 0.3) is 0 Å². The summed E-state index contributed by atoms with van der Waals surface area (Å²) in [6, 6.07) is 16.7. The molecule has 25 heavy (non-hydrogen) atoms. The number of likely N-dealkylation sites (tertiary alicyclic amines) is 1. The Hall–Kier alpha value is -2.01. The van der Waals surface area contributed by atoms with Crippen LogP contribution in [0.15, 0.2) is 54.6 Å². The first-order chi connectivity index (χ1) is 12.0. The Balaban J connectivity index is 1.46. The highest BCUT2D eigenvalue weighted by Gasteiger charge is 2.31. The summed E-state index contributed by atoms with van der Waals surface area (Å²) in [6.07, 6.45) is -1.20. The van der Waals surface area contributed by atoms with Gasteiger partial charge in [-0.1, -0.05) is 42.5 Å². The van der Waals surface area contributed by atoms with Crippen LogP contribution in [-0.4, -0.2) is 24.4 Å². The van der Waals surface area contributed by atoms with E-state index in [0.717, 1.165) is 44.5 Å². The van der Waals surface area contributed by atoms with Crippen LogP contribution in [0, 0.1) is 5.92 Å². The predicted octanol–water partition coefficient (Wildman–Crippen LogP) is 5.04. The maximum absolute atomic E-state index is 12.2. The van der Waals surface area contributed by atoms with E-state index in [4.69, 9.17) is 0 Å². The highest BCUT2D eigenvalue weighted by Crippen LogP contribution is 2.25. The van der Waals surface area contributed by atoms with Gasteiger partial charge in [-0.2, -0.15) is 0 Å². The van der Waals surface area contributed by atoms with E-state index in [0.29, 0.717) is 5.92 Å². The molecular formula is C20H22F3NO. The van der Waals surface area contributed by atoms with E-state index in [-0.39, 0.29) is 5.75 Å². The average Bonchev–Trinajstić information content (AvgIpc) is 2.58. The highest BCUT2D eigenvalue weighted by molar-refractivity contribution is 5.27. The third kappa shape index (κ3) is 5.78. The predicted molar refractivity (Wildman–Crippen MR) is 91.3 cm³/mol. The number of ether oxygens (including phenoxy) is 1. The minimum atomic E-state index is -4.64. The second-order valence-electron chi connectivity index (χ2n) is 6.60. The Labute approximate surface area is 146 Å². The van der Waals surface area contributed by atoms with Crippen molar-refractivity contribution in [3.05, 3.63) is 65.7 Å². The zero-order valence-electron chi connectivity index (χ0n) is 14.0. The number of benzene rings is 2. The van der Waals surface area contributed by atoms with Crippen molar-refractivity contribution in [1.29, 1.82) is 0 Å². The Kier molecular flexibility index (Phi) is 5.63. The Bertz CT molecular complexity index is 647. The smallest absolute Gasteiger partial charge is 0.406 e. The van der Waals surface area contributed by atoms with Gasteiger partial charge in [0, 0.05) is 6.54 Å². The van der Waals surface area contributed by atoms with Gasteiger partial charge in [0.1, 0.15) is 5.75 Å². The van der Waals surface area contributed by atoms with E-state index in [9.17, 15) is 13.2 Å². The van der Waals surface area contributed by atoms with E-state index in [1.165, 1.54) is 17.7 Å². The largest absolute Gasteiger partial charge is 0.573 e. The van der Waals surface area contributed by atoms with Crippen molar-refractivity contribution < 1.29 is 17.9 Å². The van der Waals surface area contributed by atoms with Crippen LogP contribution in [0.4, 0.5) is 13.2 Å². The van der Waals surface area contributed by atoms with Crippen molar-refractivity contribution >= 4 is 0 Å². The Morgan fingerprint density at radius 1 is 0.880 bits per heavy atom. The summed E-state index contributed by atoms with van der Waals surface area (Å²) in [5.74, 6) is 0.541. The van der Waals surface area contributed by atoms with Crippen LogP contribution >= 0.6 is 0 Å². The minimum Gasteiger partial charge on any atom is -0.406 e. The van der Waals surface area contributed by atoms with Crippen molar-refractivity contribution in [3.63, 3.8) is 0 Å². The van der Waals surface area contributed by atoms with Crippen molar-refractivity contribution in [2.45, 2.75) is 32.2 Å². The molecule has 0 amide bonds. The first-order valence-electron chi connectivity index (χ1n) is 8.59. The lowest BCUT2D eigenvalue weighted by atomic mass is 9.90. The normalized spacial score (nSPS) is 16.8. The maximum Gasteiger partial charge on any atom is 0.573 e. The molecule has 0 atom stereocenters. The topological polar surface area (TPSA) is 12.5 Å². The standard InChI is InChI=1S/C20H22F3NO/c21-20(22,23)25-19-8-6-18(7-9-19)15-24-12-10-17(11-13-24)14-16-4-2-1-3-5-16/h1-9,17H,10-15H2. The van der Waals surface area contributed by atoms with Crippen LogP contribution < -0.4 is 4.74 Å².